The van der Waals surface area contributed by atoms with Gasteiger partial charge in [0.15, 0.2) is 0 Å². The fourth-order valence-electron chi connectivity index (χ4n) is 9.18. The third-order valence-corrected chi connectivity index (χ3v) is 12.0. The second-order valence-electron chi connectivity index (χ2n) is 15.7. The summed E-state index contributed by atoms with van der Waals surface area (Å²) >= 11 is 0. The zero-order valence-electron chi connectivity index (χ0n) is 32.4. The Morgan fingerprint density at radius 3 is 1.90 bits per heavy atom. The highest BCUT2D eigenvalue weighted by atomic mass is 16.3. The molecule has 1 aliphatic rings. The molecule has 2 heterocycles. The molecule has 1 aliphatic heterocycles. The molecule has 10 aromatic rings. The van der Waals surface area contributed by atoms with Crippen LogP contribution >= 0.6 is 0 Å². The van der Waals surface area contributed by atoms with Gasteiger partial charge in [-0.15, -0.1) is 0 Å². The molecule has 0 saturated carbocycles. The van der Waals surface area contributed by atoms with Crippen LogP contribution in [0.5, 0.6) is 0 Å². The second kappa shape index (κ2) is 13.4. The van der Waals surface area contributed by atoms with Crippen molar-refractivity contribution in [1.82, 2.24) is 0 Å². The average Bonchev–Trinajstić information content (AvgIpc) is 3.67. The van der Waals surface area contributed by atoms with E-state index in [2.05, 4.69) is 224 Å². The van der Waals surface area contributed by atoms with Crippen LogP contribution in [-0.4, -0.2) is 0 Å². The zero-order valence-corrected chi connectivity index (χ0v) is 32.4. The predicted molar refractivity (Wildman–Crippen MR) is 244 cm³/mol. The van der Waals surface area contributed by atoms with Gasteiger partial charge in [-0.25, -0.2) is 0 Å². The molecule has 0 saturated heterocycles. The van der Waals surface area contributed by atoms with Crippen LogP contribution < -0.4 is 9.80 Å². The Hall–Kier alpha value is -7.36. The van der Waals surface area contributed by atoms with Crippen LogP contribution in [0.2, 0.25) is 0 Å². The highest BCUT2D eigenvalue weighted by molar-refractivity contribution is 6.11. The van der Waals surface area contributed by atoms with E-state index in [4.69, 9.17) is 4.42 Å². The molecule has 0 spiro atoms. The first-order chi connectivity index (χ1) is 28.5. The molecular formula is C55H40N2O. The van der Waals surface area contributed by atoms with Gasteiger partial charge in [0.25, 0.3) is 0 Å². The average molecular weight is 745 g/mol. The van der Waals surface area contributed by atoms with Crippen molar-refractivity contribution in [2.75, 3.05) is 9.80 Å². The Bertz CT molecular complexity index is 3140. The van der Waals surface area contributed by atoms with E-state index in [1.165, 1.54) is 38.7 Å². The molecule has 276 valence electrons. The molecule has 0 atom stereocenters. The van der Waals surface area contributed by atoms with Crippen molar-refractivity contribution in [2.24, 2.45) is 0 Å². The first kappa shape index (κ1) is 33.9. The maximum absolute atomic E-state index is 6.57. The van der Waals surface area contributed by atoms with Gasteiger partial charge >= 0.3 is 0 Å². The van der Waals surface area contributed by atoms with Crippen molar-refractivity contribution in [3.05, 3.63) is 217 Å². The summed E-state index contributed by atoms with van der Waals surface area (Å²) in [7, 11) is 0. The first-order valence-electron chi connectivity index (χ1n) is 20.0. The summed E-state index contributed by atoms with van der Waals surface area (Å²) in [5.74, 6) is 0. The molecule has 0 unspecified atom stereocenters. The van der Waals surface area contributed by atoms with E-state index in [1.54, 1.807) is 0 Å². The molecule has 3 heteroatoms. The topological polar surface area (TPSA) is 19.6 Å². The zero-order chi connectivity index (χ0) is 38.8. The molecule has 3 nitrogen and oxygen atoms in total. The van der Waals surface area contributed by atoms with Crippen LogP contribution in [0, 0.1) is 0 Å². The predicted octanol–water partition coefficient (Wildman–Crippen LogP) is 15.7. The van der Waals surface area contributed by atoms with Crippen molar-refractivity contribution in [3.8, 4) is 22.3 Å². The van der Waals surface area contributed by atoms with Crippen LogP contribution in [0.15, 0.2) is 211 Å². The lowest BCUT2D eigenvalue weighted by molar-refractivity contribution is 0.632. The fraction of sp³-hybridized carbons (Fsp3) is 0.0545. The Morgan fingerprint density at radius 2 is 1.07 bits per heavy atom. The lowest BCUT2D eigenvalue weighted by atomic mass is 9.72. The Kier molecular flexibility index (Phi) is 7.84. The van der Waals surface area contributed by atoms with Gasteiger partial charge in [-0.05, 0) is 87.8 Å². The SMILES string of the molecule is CC1(C)c2ccccc2N(c2c(N(c3ccccc3)c3ccc(-c4ccccc4)cc3)ccc3ccccc23)c2ccc(-c3cccc4c3oc3ccccc34)cc21. The number of anilines is 6. The van der Waals surface area contributed by atoms with Crippen molar-refractivity contribution in [1.29, 1.82) is 0 Å². The van der Waals surface area contributed by atoms with Crippen molar-refractivity contribution in [2.45, 2.75) is 19.3 Å². The van der Waals surface area contributed by atoms with Gasteiger partial charge < -0.3 is 14.2 Å². The molecule has 1 aromatic heterocycles. The number of hydrogen-bond donors (Lipinski definition) is 0. The number of benzene rings is 9. The van der Waals surface area contributed by atoms with Crippen LogP contribution in [0.3, 0.4) is 0 Å². The largest absolute Gasteiger partial charge is 0.455 e. The van der Waals surface area contributed by atoms with Crippen LogP contribution in [0.25, 0.3) is 55.0 Å². The normalized spacial score (nSPS) is 13.1. The molecule has 0 bridgehead atoms. The third kappa shape index (κ3) is 5.35. The smallest absolute Gasteiger partial charge is 0.143 e. The summed E-state index contributed by atoms with van der Waals surface area (Å²) in [6.45, 7) is 4.73. The minimum absolute atomic E-state index is 0.294. The number of furan rings is 1. The van der Waals surface area contributed by atoms with Crippen LogP contribution in [0.1, 0.15) is 25.0 Å². The number of nitrogens with zero attached hydrogens (tertiary/aromatic N) is 2. The number of hydrogen-bond acceptors (Lipinski definition) is 3. The van der Waals surface area contributed by atoms with Gasteiger partial charge in [0.2, 0.25) is 0 Å². The molecule has 9 aromatic carbocycles. The van der Waals surface area contributed by atoms with Gasteiger partial charge in [0.1, 0.15) is 11.2 Å². The van der Waals surface area contributed by atoms with Gasteiger partial charge in [0, 0.05) is 38.5 Å². The molecule has 0 amide bonds. The maximum atomic E-state index is 6.57. The quantitative estimate of drug-likeness (QED) is 0.169. The lowest BCUT2D eigenvalue weighted by Crippen LogP contribution is -2.31. The summed E-state index contributed by atoms with van der Waals surface area (Å²) in [5, 5.41) is 4.64. The summed E-state index contributed by atoms with van der Waals surface area (Å²) in [6, 6.07) is 74.5. The Balaban J connectivity index is 1.16. The Morgan fingerprint density at radius 1 is 0.448 bits per heavy atom. The highest BCUT2D eigenvalue weighted by Gasteiger charge is 2.39. The molecular weight excluding hydrogens is 705 g/mol. The molecule has 11 rings (SSSR count). The van der Waals surface area contributed by atoms with E-state index >= 15 is 0 Å². The van der Waals surface area contributed by atoms with Gasteiger partial charge in [0.05, 0.1) is 22.7 Å². The van der Waals surface area contributed by atoms with Crippen LogP contribution in [0.4, 0.5) is 34.1 Å². The summed E-state index contributed by atoms with van der Waals surface area (Å²) in [6.07, 6.45) is 0. The van der Waals surface area contributed by atoms with Crippen molar-refractivity contribution < 1.29 is 4.42 Å². The number of para-hydroxylation sites is 4. The highest BCUT2D eigenvalue weighted by Crippen LogP contribution is 2.57. The van der Waals surface area contributed by atoms with E-state index in [-0.39, 0.29) is 5.41 Å². The number of fused-ring (bicyclic) bond motifs is 6. The minimum Gasteiger partial charge on any atom is -0.455 e. The van der Waals surface area contributed by atoms with Gasteiger partial charge in [-0.3, -0.25) is 0 Å². The van der Waals surface area contributed by atoms with E-state index in [0.717, 1.165) is 61.5 Å². The van der Waals surface area contributed by atoms with Crippen LogP contribution in [-0.2, 0) is 5.41 Å². The second-order valence-corrected chi connectivity index (χ2v) is 15.7. The van der Waals surface area contributed by atoms with Gasteiger partial charge in [-0.1, -0.05) is 166 Å². The van der Waals surface area contributed by atoms with E-state index in [0.29, 0.717) is 0 Å². The maximum Gasteiger partial charge on any atom is 0.143 e. The summed E-state index contributed by atoms with van der Waals surface area (Å²) < 4.78 is 6.57. The van der Waals surface area contributed by atoms with Gasteiger partial charge in [-0.2, -0.15) is 0 Å². The van der Waals surface area contributed by atoms with Crippen molar-refractivity contribution >= 4 is 66.8 Å². The fourth-order valence-corrected chi connectivity index (χ4v) is 9.18. The first-order valence-corrected chi connectivity index (χ1v) is 20.0. The van der Waals surface area contributed by atoms with E-state index in [1.807, 2.05) is 6.07 Å². The Labute approximate surface area is 338 Å². The minimum atomic E-state index is -0.294. The van der Waals surface area contributed by atoms with E-state index < -0.39 is 0 Å². The lowest BCUT2D eigenvalue weighted by Gasteiger charge is -2.44. The standard InChI is InChI=1S/C55H40N2O/c1-55(2)47-25-12-13-26-49(47)57(50-34-31-40(36-48(50)55)44-23-15-24-46-45-22-11-14-27-52(45)58-54(44)46)53-43-21-10-9-18-39(43)30-35-51(53)56(41-19-7-4-8-20-41)42-32-28-38(29-33-42)37-16-5-3-6-17-37/h3-36H,1-2H3. The molecule has 58 heavy (non-hydrogen) atoms. The summed E-state index contributed by atoms with van der Waals surface area (Å²) in [5.41, 5.74) is 15.4. The van der Waals surface area contributed by atoms with E-state index in [9.17, 15) is 0 Å². The third-order valence-electron chi connectivity index (χ3n) is 12.0. The molecule has 0 aliphatic carbocycles. The molecule has 0 fully saturated rings. The number of rotatable bonds is 6. The molecule has 0 N–H and O–H groups in total. The van der Waals surface area contributed by atoms with Crippen molar-refractivity contribution in [3.63, 3.8) is 0 Å². The molecule has 0 radical (unpaired) electrons. The summed E-state index contributed by atoms with van der Waals surface area (Å²) in [4.78, 5) is 4.93. The monoisotopic (exact) mass is 744 g/mol.